The Hall–Kier alpha value is -4.13. The summed E-state index contributed by atoms with van der Waals surface area (Å²) in [5.74, 6) is -1.54. The predicted octanol–water partition coefficient (Wildman–Crippen LogP) is 4.36. The van der Waals surface area contributed by atoms with Crippen LogP contribution < -0.4 is 10.6 Å². The number of carbonyl (C=O) groups excluding carboxylic acids is 2. The fraction of sp³-hybridized carbons (Fsp3) is 0.250. The van der Waals surface area contributed by atoms with Crippen molar-refractivity contribution in [2.24, 2.45) is 0 Å². The Morgan fingerprint density at radius 1 is 0.914 bits per heavy atom. The lowest BCUT2D eigenvalue weighted by Crippen LogP contribution is -2.40. The molecule has 0 saturated heterocycles. The number of fused-ring (bicyclic) bond motifs is 3. The molecule has 3 aromatic rings. The Kier molecular flexibility index (Phi) is 7.45. The van der Waals surface area contributed by atoms with Crippen molar-refractivity contribution in [2.75, 3.05) is 13.2 Å². The number of aliphatic carboxylic acids is 1. The second kappa shape index (κ2) is 10.9. The standard InChI is InChI=1S/C28H28N2O5/c1-2-25(27(32)33)30-26(31)19-10-4-3-9-18(19)15-16-29-28(34)35-17-24-22-13-7-5-11-20(22)21-12-6-8-14-23(21)24/h3-14,24-25H,2,15-17H2,1H3,(H,29,34)(H,30,31)(H,32,33)/t25-/m1/s1. The van der Waals surface area contributed by atoms with Gasteiger partial charge in [-0.3, -0.25) is 4.79 Å². The van der Waals surface area contributed by atoms with Crippen molar-refractivity contribution in [1.29, 1.82) is 0 Å². The topological polar surface area (TPSA) is 105 Å². The average Bonchev–Trinajstić information content (AvgIpc) is 3.19. The summed E-state index contributed by atoms with van der Waals surface area (Å²) in [5.41, 5.74) is 5.73. The van der Waals surface area contributed by atoms with E-state index in [4.69, 9.17) is 4.74 Å². The number of hydrogen-bond acceptors (Lipinski definition) is 4. The molecule has 0 aliphatic heterocycles. The molecule has 1 atom stereocenters. The molecule has 35 heavy (non-hydrogen) atoms. The van der Waals surface area contributed by atoms with E-state index in [1.54, 1.807) is 31.2 Å². The van der Waals surface area contributed by atoms with Crippen LogP contribution >= 0.6 is 0 Å². The quantitative estimate of drug-likeness (QED) is 0.429. The normalized spacial score (nSPS) is 12.8. The highest BCUT2D eigenvalue weighted by Crippen LogP contribution is 2.44. The second-order valence-corrected chi connectivity index (χ2v) is 8.43. The maximum Gasteiger partial charge on any atom is 0.407 e. The molecule has 3 aromatic carbocycles. The van der Waals surface area contributed by atoms with E-state index in [2.05, 4.69) is 34.9 Å². The molecule has 0 unspecified atom stereocenters. The summed E-state index contributed by atoms with van der Waals surface area (Å²) in [7, 11) is 0. The van der Waals surface area contributed by atoms with Gasteiger partial charge in [0, 0.05) is 18.0 Å². The van der Waals surface area contributed by atoms with Crippen LogP contribution in [0, 0.1) is 0 Å². The summed E-state index contributed by atoms with van der Waals surface area (Å²) < 4.78 is 5.55. The molecule has 2 amide bonds. The van der Waals surface area contributed by atoms with Gasteiger partial charge >= 0.3 is 12.1 Å². The summed E-state index contributed by atoms with van der Waals surface area (Å²) in [6.45, 7) is 2.20. The molecule has 4 rings (SSSR count). The first-order chi connectivity index (χ1) is 17.0. The minimum atomic E-state index is -1.07. The van der Waals surface area contributed by atoms with E-state index < -0.39 is 24.0 Å². The minimum Gasteiger partial charge on any atom is -0.480 e. The SMILES string of the molecule is CC[C@@H](NC(=O)c1ccccc1CCNC(=O)OCC1c2ccccc2-c2ccccc21)C(=O)O. The van der Waals surface area contributed by atoms with E-state index in [1.165, 1.54) is 11.1 Å². The number of benzene rings is 3. The van der Waals surface area contributed by atoms with Crippen molar-refractivity contribution in [3.8, 4) is 11.1 Å². The van der Waals surface area contributed by atoms with Gasteiger partial charge in [0.2, 0.25) is 0 Å². The fourth-order valence-electron chi connectivity index (χ4n) is 4.48. The molecule has 0 fully saturated rings. The van der Waals surface area contributed by atoms with Gasteiger partial charge in [0.15, 0.2) is 0 Å². The third kappa shape index (κ3) is 5.35. The molecule has 0 aromatic heterocycles. The third-order valence-electron chi connectivity index (χ3n) is 6.28. The second-order valence-electron chi connectivity index (χ2n) is 8.43. The molecule has 3 N–H and O–H groups in total. The number of carbonyl (C=O) groups is 3. The van der Waals surface area contributed by atoms with Gasteiger partial charge in [0.25, 0.3) is 5.91 Å². The largest absolute Gasteiger partial charge is 0.480 e. The Labute approximate surface area is 204 Å². The van der Waals surface area contributed by atoms with Crippen molar-refractivity contribution in [3.63, 3.8) is 0 Å². The first-order valence-corrected chi connectivity index (χ1v) is 11.7. The molecule has 0 bridgehead atoms. The summed E-state index contributed by atoms with van der Waals surface area (Å²) in [6.07, 6.45) is 0.162. The van der Waals surface area contributed by atoms with Crippen LogP contribution in [0.3, 0.4) is 0 Å². The lowest BCUT2D eigenvalue weighted by atomic mass is 9.98. The van der Waals surface area contributed by atoms with Gasteiger partial charge in [-0.05, 0) is 46.7 Å². The number of nitrogens with one attached hydrogen (secondary N) is 2. The Balaban J connectivity index is 1.32. The highest BCUT2D eigenvalue weighted by atomic mass is 16.5. The number of ether oxygens (including phenoxy) is 1. The van der Waals surface area contributed by atoms with Crippen molar-refractivity contribution < 1.29 is 24.2 Å². The number of carboxylic acid groups (broad SMARTS) is 1. The van der Waals surface area contributed by atoms with Crippen molar-refractivity contribution in [1.82, 2.24) is 10.6 Å². The third-order valence-corrected chi connectivity index (χ3v) is 6.28. The summed E-state index contributed by atoms with van der Waals surface area (Å²) in [6, 6.07) is 22.3. The molecule has 0 heterocycles. The molecular formula is C28H28N2O5. The van der Waals surface area contributed by atoms with Crippen LogP contribution in [0.4, 0.5) is 4.79 Å². The van der Waals surface area contributed by atoms with Gasteiger partial charge in [0.1, 0.15) is 12.6 Å². The number of rotatable bonds is 9. The number of hydrogen-bond donors (Lipinski definition) is 3. The number of alkyl carbamates (subject to hydrolysis) is 1. The molecule has 7 heteroatoms. The van der Waals surface area contributed by atoms with Crippen LogP contribution in [0.2, 0.25) is 0 Å². The van der Waals surface area contributed by atoms with Crippen LogP contribution in [-0.4, -0.2) is 42.3 Å². The predicted molar refractivity (Wildman–Crippen MR) is 132 cm³/mol. The van der Waals surface area contributed by atoms with Crippen LogP contribution in [0.15, 0.2) is 72.8 Å². The van der Waals surface area contributed by atoms with Gasteiger partial charge < -0.3 is 20.5 Å². The van der Waals surface area contributed by atoms with Gasteiger partial charge in [-0.15, -0.1) is 0 Å². The maximum atomic E-state index is 12.6. The van der Waals surface area contributed by atoms with E-state index in [9.17, 15) is 19.5 Å². The fourth-order valence-corrected chi connectivity index (χ4v) is 4.48. The van der Waals surface area contributed by atoms with E-state index in [1.807, 2.05) is 24.3 Å². The molecule has 0 spiro atoms. The lowest BCUT2D eigenvalue weighted by molar-refractivity contribution is -0.139. The average molecular weight is 473 g/mol. The monoisotopic (exact) mass is 472 g/mol. The smallest absolute Gasteiger partial charge is 0.407 e. The number of amides is 2. The molecule has 1 aliphatic carbocycles. The zero-order chi connectivity index (χ0) is 24.8. The summed E-state index contributed by atoms with van der Waals surface area (Å²) >= 11 is 0. The number of carboxylic acids is 1. The minimum absolute atomic E-state index is 0.0154. The van der Waals surface area contributed by atoms with Crippen LogP contribution in [0.5, 0.6) is 0 Å². The molecule has 180 valence electrons. The summed E-state index contributed by atoms with van der Waals surface area (Å²) in [4.78, 5) is 36.3. The highest BCUT2D eigenvalue weighted by Gasteiger charge is 2.29. The van der Waals surface area contributed by atoms with Crippen LogP contribution in [0.25, 0.3) is 11.1 Å². The van der Waals surface area contributed by atoms with Crippen molar-refractivity contribution >= 4 is 18.0 Å². The van der Waals surface area contributed by atoms with Crippen LogP contribution in [-0.2, 0) is 16.0 Å². The molecule has 1 aliphatic rings. The molecule has 7 nitrogen and oxygen atoms in total. The van der Waals surface area contributed by atoms with Crippen molar-refractivity contribution in [2.45, 2.75) is 31.7 Å². The van der Waals surface area contributed by atoms with E-state index >= 15 is 0 Å². The van der Waals surface area contributed by atoms with Gasteiger partial charge in [0.05, 0.1) is 0 Å². The van der Waals surface area contributed by atoms with Crippen molar-refractivity contribution in [3.05, 3.63) is 95.1 Å². The van der Waals surface area contributed by atoms with Gasteiger partial charge in [-0.1, -0.05) is 73.7 Å². The Bertz CT molecular complexity index is 1190. The first kappa shape index (κ1) is 24.0. The van der Waals surface area contributed by atoms with E-state index in [0.717, 1.165) is 11.1 Å². The Morgan fingerprint density at radius 3 is 2.14 bits per heavy atom. The highest BCUT2D eigenvalue weighted by molar-refractivity contribution is 5.97. The molecule has 0 radical (unpaired) electrons. The summed E-state index contributed by atoms with van der Waals surface area (Å²) in [5, 5.41) is 14.5. The zero-order valence-electron chi connectivity index (χ0n) is 19.5. The molecule has 0 saturated carbocycles. The van der Waals surface area contributed by atoms with Crippen LogP contribution in [0.1, 0.15) is 46.3 Å². The maximum absolute atomic E-state index is 12.6. The van der Waals surface area contributed by atoms with E-state index in [-0.39, 0.29) is 25.5 Å². The van der Waals surface area contributed by atoms with E-state index in [0.29, 0.717) is 17.5 Å². The van der Waals surface area contributed by atoms with Gasteiger partial charge in [-0.25, -0.2) is 9.59 Å². The van der Waals surface area contributed by atoms with Gasteiger partial charge in [-0.2, -0.15) is 0 Å². The molecular weight excluding hydrogens is 444 g/mol. The Morgan fingerprint density at radius 2 is 1.51 bits per heavy atom. The lowest BCUT2D eigenvalue weighted by Gasteiger charge is -2.16. The zero-order valence-corrected chi connectivity index (χ0v) is 19.5. The first-order valence-electron chi connectivity index (χ1n) is 11.7.